The molecule has 22 heteroatoms. The van der Waals surface area contributed by atoms with Crippen molar-refractivity contribution in [1.29, 1.82) is 0 Å². The lowest BCUT2D eigenvalue weighted by Crippen LogP contribution is -2.36. The number of ether oxygens (including phenoxy) is 2. The molecule has 0 aliphatic carbocycles. The van der Waals surface area contributed by atoms with E-state index >= 15 is 0 Å². The summed E-state index contributed by atoms with van der Waals surface area (Å²) < 4.78 is 38.0. The van der Waals surface area contributed by atoms with Crippen molar-refractivity contribution in [3.8, 4) is 0 Å². The van der Waals surface area contributed by atoms with Gasteiger partial charge in [0.1, 0.15) is 53.0 Å². The maximum Gasteiger partial charge on any atom is 0.472 e. The summed E-state index contributed by atoms with van der Waals surface area (Å²) in [6.07, 6.45) is -5.56. The third kappa shape index (κ3) is 5.22. The number of imidazole rings is 2. The molecule has 2 aliphatic heterocycles. The molecule has 2 fully saturated rings. The summed E-state index contributed by atoms with van der Waals surface area (Å²) in [7, 11) is -4.89. The number of hydrogen-bond donors (Lipinski definition) is 8. The van der Waals surface area contributed by atoms with Crippen LogP contribution < -0.4 is 11.5 Å². The van der Waals surface area contributed by atoms with Gasteiger partial charge in [-0.25, -0.2) is 24.5 Å². The molecule has 0 spiro atoms. The highest BCUT2D eigenvalue weighted by Gasteiger charge is 2.49. The van der Waals surface area contributed by atoms with Crippen molar-refractivity contribution in [3.05, 3.63) is 21.9 Å². The normalized spacial score (nSPS) is 29.5. The van der Waals surface area contributed by atoms with Gasteiger partial charge >= 0.3 is 7.82 Å². The molecular formula is C20H25N10O9PS2. The van der Waals surface area contributed by atoms with Gasteiger partial charge in [-0.1, -0.05) is 24.4 Å². The van der Waals surface area contributed by atoms with Gasteiger partial charge in [-0.05, 0) is 0 Å². The fourth-order valence-corrected chi connectivity index (χ4v) is 6.39. The van der Waals surface area contributed by atoms with Crippen LogP contribution in [0.4, 0.5) is 11.9 Å². The topological polar surface area (TPSA) is 280 Å². The standard InChI is InChI=1S/C20H25N10O9PS2/c21-19-25-14-10(16(41)27-19)23-4-29(14)9-1-6(32)8(37-9)3-36-40(34,35)39-13-7(2-31)38-18(12(13)33)30-5-24-11-15(30)26-20(22)28-17(11)42/h4-9,12-13,18,31-33H,1-3H2,(H,34,35)(H3,21,25,27,41)(H3,22,26,28,42)/t6-,7?,8?,9-,12?,13?,18?/m1/s1. The first-order chi connectivity index (χ1) is 20.0. The molecule has 19 nitrogen and oxygen atoms in total. The molecule has 4 aromatic heterocycles. The summed E-state index contributed by atoms with van der Waals surface area (Å²) in [4.78, 5) is 32.3. The largest absolute Gasteiger partial charge is 0.472 e. The minimum atomic E-state index is -4.89. The van der Waals surface area contributed by atoms with Gasteiger partial charge in [0.2, 0.25) is 0 Å². The van der Waals surface area contributed by atoms with Gasteiger partial charge in [-0.15, -0.1) is 0 Å². The minimum absolute atomic E-state index is 0.00862. The number of nitrogens with one attached hydrogen (secondary N) is 2. The Labute approximate surface area is 244 Å². The lowest BCUT2D eigenvalue weighted by Gasteiger charge is -2.23. The number of nitrogens with zero attached hydrogens (tertiary/aromatic N) is 6. The molecule has 6 rings (SSSR count). The van der Waals surface area contributed by atoms with Crippen LogP contribution in [0.25, 0.3) is 22.3 Å². The van der Waals surface area contributed by atoms with E-state index in [9.17, 15) is 24.8 Å². The van der Waals surface area contributed by atoms with E-state index in [4.69, 9.17) is 54.4 Å². The first-order valence-corrected chi connectivity index (χ1v) is 14.6. The number of aliphatic hydroxyl groups excluding tert-OH is 3. The summed E-state index contributed by atoms with van der Waals surface area (Å²) in [6.45, 7) is -1.22. The number of phosphoric ester groups is 1. The van der Waals surface area contributed by atoms with Crippen LogP contribution in [0.5, 0.6) is 0 Å². The van der Waals surface area contributed by atoms with Gasteiger partial charge in [0, 0.05) is 6.42 Å². The van der Waals surface area contributed by atoms with Crippen LogP contribution in [-0.4, -0.2) is 103 Å². The number of aromatic amines is 2. The predicted molar refractivity (Wildman–Crippen MR) is 146 cm³/mol. The molecule has 8 atom stereocenters. The Morgan fingerprint density at radius 3 is 2.24 bits per heavy atom. The van der Waals surface area contributed by atoms with E-state index in [1.54, 1.807) is 4.57 Å². The van der Waals surface area contributed by atoms with E-state index in [2.05, 4.69) is 29.9 Å². The van der Waals surface area contributed by atoms with Gasteiger partial charge in [-0.3, -0.25) is 18.2 Å². The molecule has 0 radical (unpaired) electrons. The van der Waals surface area contributed by atoms with Crippen LogP contribution in [0.1, 0.15) is 18.9 Å². The number of aromatic nitrogens is 8. The van der Waals surface area contributed by atoms with Crippen molar-refractivity contribution in [2.45, 2.75) is 49.4 Å². The molecule has 2 saturated heterocycles. The van der Waals surface area contributed by atoms with E-state index in [-0.39, 0.29) is 38.8 Å². The Bertz CT molecular complexity index is 1810. The van der Waals surface area contributed by atoms with Crippen molar-refractivity contribution in [1.82, 2.24) is 39.0 Å². The Kier molecular flexibility index (Phi) is 7.60. The molecule has 226 valence electrons. The van der Waals surface area contributed by atoms with Crippen LogP contribution in [-0.2, 0) is 23.1 Å². The predicted octanol–water partition coefficient (Wildman–Crippen LogP) is -0.443. The average molecular weight is 645 g/mol. The molecule has 42 heavy (non-hydrogen) atoms. The summed E-state index contributed by atoms with van der Waals surface area (Å²) in [5, 5.41) is 31.4. The second kappa shape index (κ2) is 11.0. The molecular weight excluding hydrogens is 619 g/mol. The molecule has 0 aromatic carbocycles. The molecule has 6 unspecified atom stereocenters. The Morgan fingerprint density at radius 1 is 1.02 bits per heavy atom. The number of fused-ring (bicyclic) bond motifs is 2. The second-order valence-corrected chi connectivity index (χ2v) is 11.7. The molecule has 0 bridgehead atoms. The summed E-state index contributed by atoms with van der Waals surface area (Å²) in [6, 6.07) is 0. The van der Waals surface area contributed by atoms with Gasteiger partial charge in [0.15, 0.2) is 27.4 Å². The van der Waals surface area contributed by atoms with E-state index in [1.165, 1.54) is 17.2 Å². The van der Waals surface area contributed by atoms with Crippen LogP contribution in [0.2, 0.25) is 0 Å². The van der Waals surface area contributed by atoms with Gasteiger partial charge < -0.3 is 51.1 Å². The third-order valence-electron chi connectivity index (χ3n) is 6.86. The number of phosphoric acid groups is 1. The summed E-state index contributed by atoms with van der Waals surface area (Å²) in [5.41, 5.74) is 12.8. The fraction of sp³-hybridized carbons (Fsp3) is 0.500. The SMILES string of the molecule is Nc1nc(=S)c2ncn(C3OC(CO)C(OP(=O)(O)OCC4O[C@@H](n5cnc6c(=S)nc(N)[nH]c65)C[C@H]4O)C3O)c2[nH]1. The quantitative estimate of drug-likeness (QED) is 0.0891. The smallest absolute Gasteiger partial charge is 0.394 e. The van der Waals surface area contributed by atoms with Crippen molar-refractivity contribution in [3.63, 3.8) is 0 Å². The second-order valence-electron chi connectivity index (χ2n) is 9.56. The van der Waals surface area contributed by atoms with Crippen LogP contribution in [0.3, 0.4) is 0 Å². The van der Waals surface area contributed by atoms with E-state index in [1.807, 2.05) is 0 Å². The Hall–Kier alpha value is -2.95. The number of rotatable bonds is 8. The van der Waals surface area contributed by atoms with Crippen LogP contribution >= 0.6 is 32.3 Å². The van der Waals surface area contributed by atoms with E-state index in [0.717, 1.165) is 0 Å². The number of nitrogen functional groups attached to an aromatic ring is 2. The number of H-pyrrole nitrogens is 2. The van der Waals surface area contributed by atoms with Gasteiger partial charge in [-0.2, -0.15) is 0 Å². The van der Waals surface area contributed by atoms with Crippen LogP contribution in [0.15, 0.2) is 12.7 Å². The minimum Gasteiger partial charge on any atom is -0.394 e. The maximum absolute atomic E-state index is 12.9. The van der Waals surface area contributed by atoms with Crippen molar-refractivity contribution >= 4 is 66.5 Å². The lowest BCUT2D eigenvalue weighted by atomic mass is 10.1. The average Bonchev–Trinajstić information content (AvgIpc) is 3.68. The number of aliphatic hydroxyl groups is 3. The van der Waals surface area contributed by atoms with Gasteiger partial charge in [0.05, 0.1) is 32.0 Å². The number of nitrogens with two attached hydrogens (primary N) is 2. The highest BCUT2D eigenvalue weighted by atomic mass is 32.1. The zero-order valence-electron chi connectivity index (χ0n) is 21.2. The maximum atomic E-state index is 12.9. The monoisotopic (exact) mass is 644 g/mol. The third-order valence-corrected chi connectivity index (χ3v) is 8.42. The fourth-order valence-electron chi connectivity index (χ4n) is 4.93. The number of anilines is 2. The Balaban J connectivity index is 1.13. The molecule has 4 aromatic rings. The van der Waals surface area contributed by atoms with Crippen molar-refractivity contribution in [2.75, 3.05) is 24.7 Å². The molecule has 6 heterocycles. The van der Waals surface area contributed by atoms with E-state index in [0.29, 0.717) is 11.2 Å². The number of hydrogen-bond acceptors (Lipinski definition) is 16. The summed E-state index contributed by atoms with van der Waals surface area (Å²) >= 11 is 10.3. The van der Waals surface area contributed by atoms with E-state index < -0.39 is 64.0 Å². The first kappa shape index (κ1) is 29.1. The first-order valence-electron chi connectivity index (χ1n) is 12.3. The highest BCUT2D eigenvalue weighted by molar-refractivity contribution is 7.71. The Morgan fingerprint density at radius 2 is 1.62 bits per heavy atom. The van der Waals surface area contributed by atoms with Crippen LogP contribution in [0, 0.1) is 9.28 Å². The zero-order chi connectivity index (χ0) is 29.9. The lowest BCUT2D eigenvalue weighted by molar-refractivity contribution is -0.0557. The zero-order valence-corrected chi connectivity index (χ0v) is 23.8. The molecule has 2 aliphatic rings. The molecule has 0 saturated carbocycles. The highest BCUT2D eigenvalue weighted by Crippen LogP contribution is 2.49. The summed E-state index contributed by atoms with van der Waals surface area (Å²) in [5.74, 6) is 0.0591. The van der Waals surface area contributed by atoms with Crippen molar-refractivity contribution in [2.24, 2.45) is 0 Å². The van der Waals surface area contributed by atoms with Gasteiger partial charge in [0.25, 0.3) is 0 Å². The molecule has 0 amide bonds. The molecule has 10 N–H and O–H groups in total. The van der Waals surface area contributed by atoms with Crippen molar-refractivity contribution < 1.29 is 43.3 Å².